The van der Waals surface area contributed by atoms with Gasteiger partial charge in [-0.2, -0.15) is 0 Å². The Morgan fingerprint density at radius 3 is 2.35 bits per heavy atom. The lowest BCUT2D eigenvalue weighted by Crippen LogP contribution is -2.36. The van der Waals surface area contributed by atoms with Gasteiger partial charge in [0.2, 0.25) is 5.91 Å². The van der Waals surface area contributed by atoms with Gasteiger partial charge in [-0.1, -0.05) is 24.3 Å². The molecule has 2 aromatic carbocycles. The van der Waals surface area contributed by atoms with E-state index in [9.17, 15) is 9.59 Å². The van der Waals surface area contributed by atoms with Crippen molar-refractivity contribution in [1.29, 1.82) is 0 Å². The van der Waals surface area contributed by atoms with Crippen LogP contribution in [-0.4, -0.2) is 39.1 Å². The molecule has 2 N–H and O–H groups in total. The smallest absolute Gasteiger partial charge is 0.255 e. The lowest BCUT2D eigenvalue weighted by atomic mass is 10.2. The molecule has 0 aromatic heterocycles. The van der Waals surface area contributed by atoms with Crippen LogP contribution in [-0.2, 0) is 11.3 Å². The van der Waals surface area contributed by atoms with Gasteiger partial charge >= 0.3 is 0 Å². The van der Waals surface area contributed by atoms with Gasteiger partial charge in [0.25, 0.3) is 5.91 Å². The molecule has 0 spiro atoms. The zero-order chi connectivity index (χ0) is 18.9. The Kier molecular flexibility index (Phi) is 7.02. The first-order valence-corrected chi connectivity index (χ1v) is 8.54. The molecule has 6 heteroatoms. The average molecular weight is 355 g/mol. The van der Waals surface area contributed by atoms with E-state index in [-0.39, 0.29) is 18.4 Å². The van der Waals surface area contributed by atoms with E-state index in [0.29, 0.717) is 24.5 Å². The predicted molar refractivity (Wildman–Crippen MR) is 103 cm³/mol. The van der Waals surface area contributed by atoms with Gasteiger partial charge in [0.05, 0.1) is 18.7 Å². The van der Waals surface area contributed by atoms with Crippen molar-refractivity contribution < 1.29 is 14.3 Å². The summed E-state index contributed by atoms with van der Waals surface area (Å²) in [4.78, 5) is 26.2. The quantitative estimate of drug-likeness (QED) is 0.762. The van der Waals surface area contributed by atoms with Crippen molar-refractivity contribution in [3.63, 3.8) is 0 Å². The van der Waals surface area contributed by atoms with Crippen molar-refractivity contribution in [2.75, 3.05) is 32.1 Å². The van der Waals surface area contributed by atoms with Crippen molar-refractivity contribution in [3.05, 3.63) is 59.7 Å². The molecular weight excluding hydrogens is 330 g/mol. The highest BCUT2D eigenvalue weighted by Crippen LogP contribution is 2.17. The monoisotopic (exact) mass is 355 g/mol. The Morgan fingerprint density at radius 1 is 1.00 bits per heavy atom. The molecule has 0 saturated heterocycles. The summed E-state index contributed by atoms with van der Waals surface area (Å²) in [6.07, 6.45) is 0. The SMILES string of the molecule is CCOc1ccccc1C(=O)NCC(=O)NCc1ccc(N(C)C)cc1. The Morgan fingerprint density at radius 2 is 1.69 bits per heavy atom. The zero-order valence-electron chi connectivity index (χ0n) is 15.4. The van der Waals surface area contributed by atoms with Crippen LogP contribution in [0.2, 0.25) is 0 Å². The van der Waals surface area contributed by atoms with Crippen molar-refractivity contribution in [2.45, 2.75) is 13.5 Å². The van der Waals surface area contributed by atoms with Crippen LogP contribution >= 0.6 is 0 Å². The van der Waals surface area contributed by atoms with Crippen molar-refractivity contribution >= 4 is 17.5 Å². The molecule has 0 bridgehead atoms. The molecule has 0 saturated carbocycles. The number of carbonyl (C=O) groups excluding carboxylic acids is 2. The van der Waals surface area contributed by atoms with Crippen LogP contribution in [0.1, 0.15) is 22.8 Å². The standard InChI is InChI=1S/C20H25N3O3/c1-4-26-18-8-6-5-7-17(18)20(25)22-14-19(24)21-13-15-9-11-16(12-10-15)23(2)3/h5-12H,4,13-14H2,1-3H3,(H,21,24)(H,22,25). The van der Waals surface area contributed by atoms with Gasteiger partial charge in [-0.05, 0) is 36.8 Å². The molecule has 0 atom stereocenters. The molecule has 26 heavy (non-hydrogen) atoms. The zero-order valence-corrected chi connectivity index (χ0v) is 15.4. The van der Waals surface area contributed by atoms with E-state index in [1.807, 2.05) is 50.2 Å². The molecule has 0 heterocycles. The Bertz CT molecular complexity index is 742. The fourth-order valence-corrected chi connectivity index (χ4v) is 2.37. The third-order valence-electron chi connectivity index (χ3n) is 3.78. The van der Waals surface area contributed by atoms with E-state index in [1.54, 1.807) is 24.3 Å². The minimum absolute atomic E-state index is 0.0882. The molecule has 0 aliphatic heterocycles. The molecular formula is C20H25N3O3. The maximum absolute atomic E-state index is 12.2. The number of nitrogens with one attached hydrogen (secondary N) is 2. The number of anilines is 1. The number of amides is 2. The van der Waals surface area contributed by atoms with Gasteiger partial charge in [0.15, 0.2) is 0 Å². The lowest BCUT2D eigenvalue weighted by molar-refractivity contribution is -0.120. The number of para-hydroxylation sites is 1. The lowest BCUT2D eigenvalue weighted by Gasteiger charge is -2.13. The van der Waals surface area contributed by atoms with Crippen molar-refractivity contribution in [1.82, 2.24) is 10.6 Å². The van der Waals surface area contributed by atoms with Gasteiger partial charge in [-0.3, -0.25) is 9.59 Å². The summed E-state index contributed by atoms with van der Waals surface area (Å²) in [5, 5.41) is 5.42. The van der Waals surface area contributed by atoms with Gasteiger partial charge in [0, 0.05) is 26.3 Å². The maximum atomic E-state index is 12.2. The Hall–Kier alpha value is -3.02. The molecule has 2 rings (SSSR count). The van der Waals surface area contributed by atoms with E-state index in [0.717, 1.165) is 11.3 Å². The highest BCUT2D eigenvalue weighted by Gasteiger charge is 2.12. The fourth-order valence-electron chi connectivity index (χ4n) is 2.37. The highest BCUT2D eigenvalue weighted by molar-refractivity contribution is 5.98. The first-order valence-electron chi connectivity index (χ1n) is 8.54. The molecule has 0 fully saturated rings. The van der Waals surface area contributed by atoms with Gasteiger partial charge in [-0.25, -0.2) is 0 Å². The van der Waals surface area contributed by atoms with Crippen LogP contribution in [0.15, 0.2) is 48.5 Å². The van der Waals surface area contributed by atoms with Crippen molar-refractivity contribution in [3.8, 4) is 5.75 Å². The number of hydrogen-bond donors (Lipinski definition) is 2. The van der Waals surface area contributed by atoms with E-state index in [1.165, 1.54) is 0 Å². The number of rotatable bonds is 8. The number of ether oxygens (including phenoxy) is 1. The normalized spacial score (nSPS) is 10.1. The number of nitrogens with zero attached hydrogens (tertiary/aromatic N) is 1. The largest absolute Gasteiger partial charge is 0.493 e. The van der Waals surface area contributed by atoms with Crippen LogP contribution < -0.4 is 20.3 Å². The van der Waals surface area contributed by atoms with Crippen LogP contribution in [0.5, 0.6) is 5.75 Å². The summed E-state index contributed by atoms with van der Waals surface area (Å²) in [7, 11) is 3.95. The average Bonchev–Trinajstić information content (AvgIpc) is 2.65. The van der Waals surface area contributed by atoms with E-state index < -0.39 is 0 Å². The molecule has 2 aromatic rings. The number of carbonyl (C=O) groups is 2. The number of hydrogen-bond acceptors (Lipinski definition) is 4. The van der Waals surface area contributed by atoms with Crippen LogP contribution in [0, 0.1) is 0 Å². The van der Waals surface area contributed by atoms with Gasteiger partial charge in [-0.15, -0.1) is 0 Å². The molecule has 2 amide bonds. The minimum Gasteiger partial charge on any atom is -0.493 e. The summed E-state index contributed by atoms with van der Waals surface area (Å²) in [5.41, 5.74) is 2.51. The predicted octanol–water partition coefficient (Wildman–Crippen LogP) is 2.20. The topological polar surface area (TPSA) is 70.7 Å². The Labute approximate surface area is 154 Å². The maximum Gasteiger partial charge on any atom is 0.255 e. The van der Waals surface area contributed by atoms with E-state index in [4.69, 9.17) is 4.74 Å². The van der Waals surface area contributed by atoms with Crippen LogP contribution in [0.25, 0.3) is 0 Å². The molecule has 0 aliphatic carbocycles. The summed E-state index contributed by atoms with van der Waals surface area (Å²) in [5.74, 6) is -0.0719. The summed E-state index contributed by atoms with van der Waals surface area (Å²) in [6, 6.07) is 14.9. The first-order chi connectivity index (χ1) is 12.5. The van der Waals surface area contributed by atoms with Gasteiger partial charge in [0.1, 0.15) is 5.75 Å². The third kappa shape index (κ3) is 5.51. The molecule has 6 nitrogen and oxygen atoms in total. The molecule has 138 valence electrons. The molecule has 0 aliphatic rings. The summed E-state index contributed by atoms with van der Waals surface area (Å²) < 4.78 is 5.43. The third-order valence-corrected chi connectivity index (χ3v) is 3.78. The fraction of sp³-hybridized carbons (Fsp3) is 0.300. The molecule has 0 unspecified atom stereocenters. The number of benzene rings is 2. The van der Waals surface area contributed by atoms with Crippen LogP contribution in [0.4, 0.5) is 5.69 Å². The minimum atomic E-state index is -0.334. The second kappa shape index (κ2) is 9.46. The first kappa shape index (κ1) is 19.3. The molecule has 0 radical (unpaired) electrons. The van der Waals surface area contributed by atoms with E-state index >= 15 is 0 Å². The summed E-state index contributed by atoms with van der Waals surface area (Å²) in [6.45, 7) is 2.65. The highest BCUT2D eigenvalue weighted by atomic mass is 16.5. The second-order valence-electron chi connectivity index (χ2n) is 5.95. The second-order valence-corrected chi connectivity index (χ2v) is 5.95. The van der Waals surface area contributed by atoms with E-state index in [2.05, 4.69) is 10.6 Å². The van der Waals surface area contributed by atoms with Gasteiger partial charge < -0.3 is 20.3 Å². The summed E-state index contributed by atoms with van der Waals surface area (Å²) >= 11 is 0. The Balaban J connectivity index is 1.82. The van der Waals surface area contributed by atoms with Crippen molar-refractivity contribution in [2.24, 2.45) is 0 Å². The van der Waals surface area contributed by atoms with Crippen LogP contribution in [0.3, 0.4) is 0 Å².